The molecule has 0 spiro atoms. The van der Waals surface area contributed by atoms with Gasteiger partial charge in [0.1, 0.15) is 0 Å². The van der Waals surface area contributed by atoms with Crippen LogP contribution >= 0.6 is 0 Å². The van der Waals surface area contributed by atoms with Crippen molar-refractivity contribution in [3.63, 3.8) is 0 Å². The van der Waals surface area contributed by atoms with Gasteiger partial charge in [0, 0.05) is 13.1 Å². The summed E-state index contributed by atoms with van der Waals surface area (Å²) in [7, 11) is 0. The summed E-state index contributed by atoms with van der Waals surface area (Å²) >= 11 is 0. The zero-order valence-electron chi connectivity index (χ0n) is 14.4. The highest BCUT2D eigenvalue weighted by atomic mass is 16.5. The van der Waals surface area contributed by atoms with E-state index >= 15 is 0 Å². The minimum absolute atomic E-state index is 0.236. The lowest BCUT2D eigenvalue weighted by Gasteiger charge is -2.37. The fraction of sp³-hybridized carbons (Fsp3) is 0.700. The Bertz CT molecular complexity index is 459. The van der Waals surface area contributed by atoms with Crippen LogP contribution in [0.15, 0.2) is 24.3 Å². The molecule has 0 radical (unpaired) electrons. The van der Waals surface area contributed by atoms with E-state index in [4.69, 9.17) is 4.74 Å². The van der Waals surface area contributed by atoms with Gasteiger partial charge in [-0.15, -0.1) is 0 Å². The topological polar surface area (TPSA) is 21.3 Å². The van der Waals surface area contributed by atoms with Crippen LogP contribution in [0.2, 0.25) is 0 Å². The standard InChI is InChI=1S/C20H31NO/c1-20(2,3)18-10-8-16(9-11-18)15-4-6-17(7-5-15)19-14-21-12-13-22-19/h4-7,16,18-19,21H,8-14H2,1-3H3. The first-order valence-electron chi connectivity index (χ1n) is 8.96. The maximum Gasteiger partial charge on any atom is 0.0949 e. The molecule has 22 heavy (non-hydrogen) atoms. The third-order valence-electron chi connectivity index (χ3n) is 5.66. The van der Waals surface area contributed by atoms with Gasteiger partial charge in [-0.1, -0.05) is 45.0 Å². The second-order valence-electron chi connectivity index (χ2n) is 8.14. The molecule has 2 heteroatoms. The maximum atomic E-state index is 5.84. The molecular weight excluding hydrogens is 270 g/mol. The van der Waals surface area contributed by atoms with Gasteiger partial charge >= 0.3 is 0 Å². The highest BCUT2D eigenvalue weighted by molar-refractivity contribution is 5.27. The number of hydrogen-bond acceptors (Lipinski definition) is 2. The first-order chi connectivity index (χ1) is 10.5. The van der Waals surface area contributed by atoms with E-state index in [1.165, 1.54) is 36.8 Å². The second-order valence-corrected chi connectivity index (χ2v) is 8.14. The molecule has 1 unspecified atom stereocenters. The summed E-state index contributed by atoms with van der Waals surface area (Å²) in [6, 6.07) is 9.25. The van der Waals surface area contributed by atoms with Crippen LogP contribution in [0.1, 0.15) is 69.6 Å². The van der Waals surface area contributed by atoms with Gasteiger partial charge in [-0.25, -0.2) is 0 Å². The molecule has 1 saturated heterocycles. The van der Waals surface area contributed by atoms with Crippen LogP contribution in [0.25, 0.3) is 0 Å². The summed E-state index contributed by atoms with van der Waals surface area (Å²) < 4.78 is 5.84. The van der Waals surface area contributed by atoms with Crippen LogP contribution < -0.4 is 5.32 Å². The lowest BCUT2D eigenvalue weighted by molar-refractivity contribution is 0.0277. The van der Waals surface area contributed by atoms with Crippen LogP contribution in [-0.4, -0.2) is 19.7 Å². The predicted molar refractivity (Wildman–Crippen MR) is 92.2 cm³/mol. The Morgan fingerprint density at radius 2 is 1.59 bits per heavy atom. The first-order valence-corrected chi connectivity index (χ1v) is 8.96. The number of nitrogens with one attached hydrogen (secondary N) is 1. The zero-order valence-corrected chi connectivity index (χ0v) is 14.4. The fourth-order valence-electron chi connectivity index (χ4n) is 4.06. The van der Waals surface area contributed by atoms with Gasteiger partial charge in [0.25, 0.3) is 0 Å². The average molecular weight is 301 g/mol. The van der Waals surface area contributed by atoms with Crippen molar-refractivity contribution in [2.24, 2.45) is 11.3 Å². The van der Waals surface area contributed by atoms with Crippen molar-refractivity contribution in [1.82, 2.24) is 5.32 Å². The summed E-state index contributed by atoms with van der Waals surface area (Å²) in [5, 5.41) is 3.41. The van der Waals surface area contributed by atoms with Crippen molar-refractivity contribution in [3.05, 3.63) is 35.4 Å². The Kier molecular flexibility index (Phi) is 4.89. The third-order valence-corrected chi connectivity index (χ3v) is 5.66. The minimum Gasteiger partial charge on any atom is -0.371 e. The van der Waals surface area contributed by atoms with E-state index in [0.29, 0.717) is 5.41 Å². The molecule has 0 aromatic heterocycles. The van der Waals surface area contributed by atoms with Crippen LogP contribution in [0, 0.1) is 11.3 Å². The number of benzene rings is 1. The molecule has 0 amide bonds. The molecule has 0 bridgehead atoms. The highest BCUT2D eigenvalue weighted by Crippen LogP contribution is 2.43. The molecule has 1 heterocycles. The monoisotopic (exact) mass is 301 g/mol. The SMILES string of the molecule is CC(C)(C)C1CCC(c2ccc(C3CNCCO3)cc2)CC1. The molecule has 122 valence electrons. The molecule has 1 aromatic carbocycles. The number of rotatable bonds is 2. The molecule has 1 saturated carbocycles. The van der Waals surface area contributed by atoms with Crippen molar-refractivity contribution < 1.29 is 4.74 Å². The molecule has 2 nitrogen and oxygen atoms in total. The predicted octanol–water partition coefficient (Wildman–Crippen LogP) is 4.67. The van der Waals surface area contributed by atoms with Gasteiger partial charge in [0.15, 0.2) is 0 Å². The van der Waals surface area contributed by atoms with Crippen molar-refractivity contribution >= 4 is 0 Å². The van der Waals surface area contributed by atoms with Gasteiger partial charge in [0.2, 0.25) is 0 Å². The summed E-state index contributed by atoms with van der Waals surface area (Å²) in [5.41, 5.74) is 3.32. The Morgan fingerprint density at radius 1 is 0.955 bits per heavy atom. The lowest BCUT2D eigenvalue weighted by atomic mass is 9.68. The van der Waals surface area contributed by atoms with Gasteiger partial charge in [-0.2, -0.15) is 0 Å². The third kappa shape index (κ3) is 3.72. The molecule has 1 aromatic rings. The van der Waals surface area contributed by atoms with E-state index in [0.717, 1.165) is 31.5 Å². The van der Waals surface area contributed by atoms with E-state index in [2.05, 4.69) is 50.4 Å². The number of ether oxygens (including phenoxy) is 1. The van der Waals surface area contributed by atoms with Crippen LogP contribution in [0.3, 0.4) is 0 Å². The van der Waals surface area contributed by atoms with Crippen molar-refractivity contribution in [3.8, 4) is 0 Å². The summed E-state index contributed by atoms with van der Waals surface area (Å²) in [6.45, 7) is 9.92. The highest BCUT2D eigenvalue weighted by Gasteiger charge is 2.30. The minimum atomic E-state index is 0.236. The second kappa shape index (κ2) is 6.72. The van der Waals surface area contributed by atoms with Crippen molar-refractivity contribution in [2.45, 2.75) is 58.5 Å². The summed E-state index contributed by atoms with van der Waals surface area (Å²) in [5.74, 6) is 1.66. The average Bonchev–Trinajstić information content (AvgIpc) is 2.55. The molecule has 1 aliphatic heterocycles. The first kappa shape index (κ1) is 16.0. The van der Waals surface area contributed by atoms with Crippen LogP contribution in [-0.2, 0) is 4.74 Å². The van der Waals surface area contributed by atoms with Crippen molar-refractivity contribution in [1.29, 1.82) is 0 Å². The van der Waals surface area contributed by atoms with Gasteiger partial charge < -0.3 is 10.1 Å². The maximum absolute atomic E-state index is 5.84. The molecule has 1 aliphatic carbocycles. The van der Waals surface area contributed by atoms with E-state index in [-0.39, 0.29) is 6.10 Å². The van der Waals surface area contributed by atoms with Gasteiger partial charge in [-0.3, -0.25) is 0 Å². The lowest BCUT2D eigenvalue weighted by Crippen LogP contribution is -2.33. The van der Waals surface area contributed by atoms with Crippen molar-refractivity contribution in [2.75, 3.05) is 19.7 Å². The van der Waals surface area contributed by atoms with E-state index in [9.17, 15) is 0 Å². The largest absolute Gasteiger partial charge is 0.371 e. The number of hydrogen-bond donors (Lipinski definition) is 1. The molecule has 3 rings (SSSR count). The Balaban J connectivity index is 1.59. The van der Waals surface area contributed by atoms with Crippen LogP contribution in [0.4, 0.5) is 0 Å². The molecule has 2 fully saturated rings. The molecule has 1 atom stereocenters. The fourth-order valence-corrected chi connectivity index (χ4v) is 4.06. The molecule has 2 aliphatic rings. The Morgan fingerprint density at radius 3 is 2.14 bits per heavy atom. The molecule has 1 N–H and O–H groups in total. The summed E-state index contributed by atoms with van der Waals surface area (Å²) in [4.78, 5) is 0. The van der Waals surface area contributed by atoms with E-state index in [1.54, 1.807) is 0 Å². The van der Waals surface area contributed by atoms with Gasteiger partial charge in [0.05, 0.1) is 12.7 Å². The Hall–Kier alpha value is -0.860. The van der Waals surface area contributed by atoms with Gasteiger partial charge in [-0.05, 0) is 54.1 Å². The Labute approximate surface area is 135 Å². The normalized spacial score (nSPS) is 30.2. The number of morpholine rings is 1. The zero-order chi connectivity index (χ0) is 15.6. The summed E-state index contributed by atoms with van der Waals surface area (Å²) in [6.07, 6.45) is 5.70. The van der Waals surface area contributed by atoms with Crippen LogP contribution in [0.5, 0.6) is 0 Å². The quantitative estimate of drug-likeness (QED) is 0.857. The van der Waals surface area contributed by atoms with E-state index < -0.39 is 0 Å². The molecular formula is C20H31NO. The van der Waals surface area contributed by atoms with E-state index in [1.807, 2.05) is 0 Å². The smallest absolute Gasteiger partial charge is 0.0949 e.